The third kappa shape index (κ3) is 3.34. The number of nitrogens with zero attached hydrogens (tertiary/aromatic N) is 2. The summed E-state index contributed by atoms with van der Waals surface area (Å²) in [6.45, 7) is 7.82. The second-order valence-corrected chi connectivity index (χ2v) is 4.51. The van der Waals surface area contributed by atoms with E-state index < -0.39 is 0 Å². The highest BCUT2D eigenvalue weighted by Gasteiger charge is 2.21. The Bertz CT molecular complexity index is 428. The van der Waals surface area contributed by atoms with Crippen LogP contribution in [-0.2, 0) is 0 Å². The summed E-state index contributed by atoms with van der Waals surface area (Å²) >= 11 is 0. The molecule has 0 amide bonds. The number of aryl methyl sites for hydroxylation is 1. The average molecular weight is 237 g/mol. The lowest BCUT2D eigenvalue weighted by Gasteiger charge is -2.25. The summed E-state index contributed by atoms with van der Waals surface area (Å²) in [6, 6.07) is 3.53. The van der Waals surface area contributed by atoms with E-state index in [0.29, 0.717) is 11.4 Å². The second-order valence-electron chi connectivity index (χ2n) is 4.51. The number of hydrogen-bond acceptors (Lipinski definition) is 4. The summed E-state index contributed by atoms with van der Waals surface area (Å²) in [4.78, 5) is 4.28. The molecule has 0 aromatic carbocycles. The quantitative estimate of drug-likeness (QED) is 0.363. The van der Waals surface area contributed by atoms with Gasteiger partial charge in [0.05, 0.1) is 5.56 Å². The number of oxime groups is 1. The SMILES string of the molecule is CCC(C)(C)Oc1nc(C)ccc1C(N)=NO. The maximum atomic E-state index is 8.72. The monoisotopic (exact) mass is 237 g/mol. The van der Waals surface area contributed by atoms with E-state index in [2.05, 4.69) is 10.1 Å². The molecule has 0 radical (unpaired) electrons. The van der Waals surface area contributed by atoms with Crippen LogP contribution >= 0.6 is 0 Å². The van der Waals surface area contributed by atoms with Crippen LogP contribution in [0.1, 0.15) is 38.4 Å². The molecule has 0 bridgehead atoms. The minimum absolute atomic E-state index is 0.000553. The number of rotatable bonds is 4. The van der Waals surface area contributed by atoms with Crippen molar-refractivity contribution in [3.05, 3.63) is 23.4 Å². The lowest BCUT2D eigenvalue weighted by atomic mass is 10.1. The average Bonchev–Trinajstić information content (AvgIpc) is 2.28. The molecule has 0 aliphatic carbocycles. The van der Waals surface area contributed by atoms with Crippen molar-refractivity contribution >= 4 is 5.84 Å². The zero-order valence-corrected chi connectivity index (χ0v) is 10.7. The zero-order chi connectivity index (χ0) is 13.1. The van der Waals surface area contributed by atoms with Crippen LogP contribution in [0.2, 0.25) is 0 Å². The molecular weight excluding hydrogens is 218 g/mol. The predicted octanol–water partition coefficient (Wildman–Crippen LogP) is 2.05. The molecule has 1 aromatic heterocycles. The van der Waals surface area contributed by atoms with E-state index in [-0.39, 0.29) is 11.4 Å². The van der Waals surface area contributed by atoms with Gasteiger partial charge in [-0.15, -0.1) is 0 Å². The Morgan fingerprint density at radius 3 is 2.71 bits per heavy atom. The number of hydrogen-bond donors (Lipinski definition) is 2. The predicted molar refractivity (Wildman–Crippen MR) is 66.5 cm³/mol. The standard InChI is InChI=1S/C12H19N3O2/c1-5-12(3,4)17-11-9(10(13)15-16)7-6-8(2)14-11/h6-7,16H,5H2,1-4H3,(H2,13,15). The van der Waals surface area contributed by atoms with Gasteiger partial charge in [0.25, 0.3) is 0 Å². The van der Waals surface area contributed by atoms with Gasteiger partial charge in [0.1, 0.15) is 5.60 Å². The fourth-order valence-electron chi connectivity index (χ4n) is 1.19. The fraction of sp³-hybridized carbons (Fsp3) is 0.500. The third-order valence-electron chi connectivity index (χ3n) is 2.61. The van der Waals surface area contributed by atoms with Gasteiger partial charge in [0.15, 0.2) is 5.84 Å². The van der Waals surface area contributed by atoms with Crippen LogP contribution in [0.15, 0.2) is 17.3 Å². The van der Waals surface area contributed by atoms with Crippen LogP contribution in [0.4, 0.5) is 0 Å². The van der Waals surface area contributed by atoms with Crippen molar-refractivity contribution < 1.29 is 9.94 Å². The number of amidine groups is 1. The molecule has 0 saturated carbocycles. The van der Waals surface area contributed by atoms with E-state index in [4.69, 9.17) is 15.7 Å². The first-order chi connectivity index (χ1) is 7.89. The smallest absolute Gasteiger partial charge is 0.225 e. The normalized spacial score (nSPS) is 12.6. The van der Waals surface area contributed by atoms with E-state index in [0.717, 1.165) is 12.1 Å². The van der Waals surface area contributed by atoms with Crippen LogP contribution in [0.25, 0.3) is 0 Å². The topological polar surface area (TPSA) is 80.7 Å². The van der Waals surface area contributed by atoms with Crippen molar-refractivity contribution in [3.63, 3.8) is 0 Å². The molecule has 5 heteroatoms. The number of pyridine rings is 1. The molecule has 0 spiro atoms. The van der Waals surface area contributed by atoms with Crippen LogP contribution in [0.3, 0.4) is 0 Å². The largest absolute Gasteiger partial charge is 0.471 e. The van der Waals surface area contributed by atoms with Crippen LogP contribution in [-0.4, -0.2) is 21.6 Å². The minimum Gasteiger partial charge on any atom is -0.471 e. The van der Waals surface area contributed by atoms with E-state index in [1.807, 2.05) is 27.7 Å². The Labute approximate surface area is 101 Å². The number of nitrogens with two attached hydrogens (primary N) is 1. The summed E-state index contributed by atoms with van der Waals surface area (Å²) in [5.41, 5.74) is 6.56. The Hall–Kier alpha value is -1.78. The maximum Gasteiger partial charge on any atom is 0.225 e. The van der Waals surface area contributed by atoms with Gasteiger partial charge < -0.3 is 15.7 Å². The van der Waals surface area contributed by atoms with E-state index in [1.165, 1.54) is 0 Å². The zero-order valence-electron chi connectivity index (χ0n) is 10.7. The van der Waals surface area contributed by atoms with Gasteiger partial charge in [-0.1, -0.05) is 12.1 Å². The summed E-state index contributed by atoms with van der Waals surface area (Å²) in [6.07, 6.45) is 0.832. The maximum absolute atomic E-state index is 8.72. The molecule has 0 atom stereocenters. The summed E-state index contributed by atoms with van der Waals surface area (Å²) in [7, 11) is 0. The Morgan fingerprint density at radius 1 is 1.53 bits per heavy atom. The third-order valence-corrected chi connectivity index (χ3v) is 2.61. The summed E-state index contributed by atoms with van der Waals surface area (Å²) in [5, 5.41) is 11.7. The molecule has 1 aromatic rings. The number of ether oxygens (including phenoxy) is 1. The molecule has 0 fully saturated rings. The van der Waals surface area contributed by atoms with Crippen molar-refractivity contribution in [1.82, 2.24) is 4.98 Å². The fourth-order valence-corrected chi connectivity index (χ4v) is 1.19. The molecule has 3 N–H and O–H groups in total. The Morgan fingerprint density at radius 2 is 2.18 bits per heavy atom. The van der Waals surface area contributed by atoms with Gasteiger partial charge in [-0.2, -0.15) is 0 Å². The highest BCUT2D eigenvalue weighted by Crippen LogP contribution is 2.23. The second kappa shape index (κ2) is 5.03. The van der Waals surface area contributed by atoms with Crippen molar-refractivity contribution in [2.45, 2.75) is 39.7 Å². The molecule has 5 nitrogen and oxygen atoms in total. The van der Waals surface area contributed by atoms with Gasteiger partial charge >= 0.3 is 0 Å². The van der Waals surface area contributed by atoms with Crippen molar-refractivity contribution in [1.29, 1.82) is 0 Å². The molecular formula is C12H19N3O2. The van der Waals surface area contributed by atoms with Gasteiger partial charge in [0, 0.05) is 5.69 Å². The van der Waals surface area contributed by atoms with Gasteiger partial charge in [0.2, 0.25) is 5.88 Å². The first-order valence-corrected chi connectivity index (χ1v) is 5.54. The molecule has 94 valence electrons. The summed E-state index contributed by atoms with van der Waals surface area (Å²) in [5.74, 6) is 0.395. The van der Waals surface area contributed by atoms with Crippen LogP contribution < -0.4 is 10.5 Å². The Balaban J connectivity index is 3.16. The highest BCUT2D eigenvalue weighted by atomic mass is 16.5. The summed E-state index contributed by atoms with van der Waals surface area (Å²) < 4.78 is 5.80. The van der Waals surface area contributed by atoms with E-state index in [1.54, 1.807) is 12.1 Å². The minimum atomic E-state index is -0.342. The highest BCUT2D eigenvalue weighted by molar-refractivity contribution is 5.99. The van der Waals surface area contributed by atoms with E-state index >= 15 is 0 Å². The van der Waals surface area contributed by atoms with E-state index in [9.17, 15) is 0 Å². The molecule has 0 aliphatic rings. The van der Waals surface area contributed by atoms with Crippen molar-refractivity contribution in [3.8, 4) is 5.88 Å². The van der Waals surface area contributed by atoms with Crippen LogP contribution in [0.5, 0.6) is 5.88 Å². The molecule has 0 saturated heterocycles. The molecule has 17 heavy (non-hydrogen) atoms. The van der Waals surface area contributed by atoms with Crippen molar-refractivity contribution in [2.75, 3.05) is 0 Å². The Kier molecular flexibility index (Phi) is 3.93. The molecule has 1 heterocycles. The lowest BCUT2D eigenvalue weighted by molar-refractivity contribution is 0.0985. The van der Waals surface area contributed by atoms with Gasteiger partial charge in [-0.25, -0.2) is 4.98 Å². The first kappa shape index (κ1) is 13.3. The van der Waals surface area contributed by atoms with Gasteiger partial charge in [-0.3, -0.25) is 0 Å². The first-order valence-electron chi connectivity index (χ1n) is 5.54. The molecule has 1 rings (SSSR count). The van der Waals surface area contributed by atoms with Gasteiger partial charge in [-0.05, 0) is 39.3 Å². The molecule has 0 unspecified atom stereocenters. The molecule has 0 aliphatic heterocycles. The van der Waals surface area contributed by atoms with Crippen molar-refractivity contribution in [2.24, 2.45) is 10.9 Å². The number of aromatic nitrogens is 1. The van der Waals surface area contributed by atoms with Crippen LogP contribution in [0, 0.1) is 6.92 Å². The lowest BCUT2D eigenvalue weighted by Crippen LogP contribution is -2.29.